The second kappa shape index (κ2) is 2.29. The lowest BCUT2D eigenvalue weighted by molar-refractivity contribution is 1.17. The van der Waals surface area contributed by atoms with Gasteiger partial charge in [0.1, 0.15) is 11.3 Å². The molecule has 64 valence electrons. The summed E-state index contributed by atoms with van der Waals surface area (Å²) in [6.45, 7) is 1.92. The van der Waals surface area contributed by atoms with Crippen LogP contribution in [0.2, 0.25) is 0 Å². The zero-order valence-corrected chi connectivity index (χ0v) is 7.85. The first-order valence-corrected chi connectivity index (χ1v) is 4.86. The average molecular weight is 189 g/mol. The van der Waals surface area contributed by atoms with Crippen LogP contribution >= 0.6 is 11.5 Å². The maximum atomic E-state index is 4.39. The number of nitrogens with zero attached hydrogens (tertiary/aromatic N) is 2. The minimum absolute atomic E-state index is 0.841. The van der Waals surface area contributed by atoms with Crippen LogP contribution in [0.15, 0.2) is 18.3 Å². The summed E-state index contributed by atoms with van der Waals surface area (Å²) < 4.78 is 4.34. The van der Waals surface area contributed by atoms with E-state index < -0.39 is 0 Å². The summed E-state index contributed by atoms with van der Waals surface area (Å²) in [7, 11) is 0. The van der Waals surface area contributed by atoms with Crippen molar-refractivity contribution in [2.45, 2.75) is 6.92 Å². The lowest BCUT2D eigenvalue weighted by Crippen LogP contribution is -1.69. The number of aromatic amines is 1. The SMILES string of the molecule is Cc1nc2ccc3s[nH]cc3c2n1. The van der Waals surface area contributed by atoms with Gasteiger partial charge in [-0.05, 0) is 19.1 Å². The first kappa shape index (κ1) is 7.03. The molecule has 0 aliphatic heterocycles. The van der Waals surface area contributed by atoms with Gasteiger partial charge in [-0.1, -0.05) is 11.5 Å². The van der Waals surface area contributed by atoms with Crippen molar-refractivity contribution in [3.8, 4) is 0 Å². The van der Waals surface area contributed by atoms with Crippen molar-refractivity contribution < 1.29 is 0 Å². The summed E-state index contributed by atoms with van der Waals surface area (Å²) in [5.41, 5.74) is 1.99. The second-order valence-corrected chi connectivity index (χ2v) is 3.86. The molecule has 0 aliphatic carbocycles. The summed E-state index contributed by atoms with van der Waals surface area (Å²) >= 11 is 1.62. The molecule has 0 fully saturated rings. The van der Waals surface area contributed by atoms with Crippen molar-refractivity contribution in [2.24, 2.45) is 0 Å². The standard InChI is InChI=1S/C9H7N3S/c1-5-11-7-2-3-8-6(4-10-13-8)9(7)12-5/h2-4,10H,1H3. The van der Waals surface area contributed by atoms with Crippen LogP contribution in [0.3, 0.4) is 0 Å². The minimum Gasteiger partial charge on any atom is -0.317 e. The number of H-pyrrole nitrogens is 1. The van der Waals surface area contributed by atoms with Gasteiger partial charge in [-0.15, -0.1) is 0 Å². The third-order valence-corrected chi connectivity index (χ3v) is 2.90. The molecule has 0 amide bonds. The fourth-order valence-electron chi connectivity index (χ4n) is 1.53. The van der Waals surface area contributed by atoms with E-state index >= 15 is 0 Å². The maximum absolute atomic E-state index is 4.39. The predicted octanol–water partition coefficient (Wildman–Crippen LogP) is 2.48. The summed E-state index contributed by atoms with van der Waals surface area (Å²) in [6, 6.07) is 4.09. The molecule has 1 N–H and O–H groups in total. The Hall–Kier alpha value is -1.42. The predicted molar refractivity (Wildman–Crippen MR) is 54.0 cm³/mol. The molecule has 3 aromatic rings. The van der Waals surface area contributed by atoms with Gasteiger partial charge in [-0.3, -0.25) is 0 Å². The molecule has 13 heavy (non-hydrogen) atoms. The molecule has 4 heteroatoms. The number of aromatic nitrogens is 3. The minimum atomic E-state index is 0.841. The smallest absolute Gasteiger partial charge is 0.126 e. The lowest BCUT2D eigenvalue weighted by atomic mass is 10.2. The number of imidazole rings is 1. The third kappa shape index (κ3) is 0.890. The van der Waals surface area contributed by atoms with Gasteiger partial charge in [0.05, 0.1) is 10.2 Å². The zero-order valence-electron chi connectivity index (χ0n) is 7.03. The van der Waals surface area contributed by atoms with E-state index in [1.807, 2.05) is 19.2 Å². The van der Waals surface area contributed by atoms with Crippen molar-refractivity contribution >= 4 is 32.7 Å². The van der Waals surface area contributed by atoms with Crippen molar-refractivity contribution in [1.29, 1.82) is 0 Å². The lowest BCUT2D eigenvalue weighted by Gasteiger charge is -1.87. The first-order chi connectivity index (χ1) is 6.34. The van der Waals surface area contributed by atoms with Crippen molar-refractivity contribution in [3.05, 3.63) is 24.2 Å². The number of nitrogens with one attached hydrogen (secondary N) is 1. The molecule has 3 nitrogen and oxygen atoms in total. The Morgan fingerprint density at radius 1 is 1.31 bits per heavy atom. The van der Waals surface area contributed by atoms with Crippen LogP contribution in [0, 0.1) is 6.92 Å². The van der Waals surface area contributed by atoms with E-state index in [9.17, 15) is 0 Å². The summed E-state index contributed by atoms with van der Waals surface area (Å²) in [4.78, 5) is 8.71. The van der Waals surface area contributed by atoms with Crippen molar-refractivity contribution in [2.75, 3.05) is 0 Å². The van der Waals surface area contributed by atoms with Crippen molar-refractivity contribution in [1.82, 2.24) is 14.3 Å². The van der Waals surface area contributed by atoms with Gasteiger partial charge in [0, 0.05) is 11.6 Å². The Morgan fingerprint density at radius 2 is 2.23 bits per heavy atom. The highest BCUT2D eigenvalue weighted by atomic mass is 32.1. The average Bonchev–Trinajstić information content (AvgIpc) is 2.65. The number of rotatable bonds is 0. The van der Waals surface area contributed by atoms with Crippen LogP contribution in [0.4, 0.5) is 0 Å². The van der Waals surface area contributed by atoms with E-state index in [1.165, 1.54) is 10.1 Å². The van der Waals surface area contributed by atoms with Gasteiger partial charge in [-0.25, -0.2) is 9.97 Å². The van der Waals surface area contributed by atoms with E-state index in [2.05, 4.69) is 20.4 Å². The maximum Gasteiger partial charge on any atom is 0.126 e. The van der Waals surface area contributed by atoms with Crippen LogP contribution in [0.25, 0.3) is 21.1 Å². The topological polar surface area (TPSA) is 41.6 Å². The molecule has 1 aromatic carbocycles. The normalized spacial score (nSPS) is 11.5. The van der Waals surface area contributed by atoms with Crippen LogP contribution in [-0.2, 0) is 0 Å². The molecule has 0 aliphatic rings. The molecule has 0 atom stereocenters. The Balaban J connectivity index is 2.64. The van der Waals surface area contributed by atoms with E-state index in [4.69, 9.17) is 0 Å². The van der Waals surface area contributed by atoms with Crippen LogP contribution in [0.5, 0.6) is 0 Å². The Labute approximate surface area is 78.6 Å². The largest absolute Gasteiger partial charge is 0.317 e. The Kier molecular flexibility index (Phi) is 1.24. The van der Waals surface area contributed by atoms with Crippen LogP contribution in [-0.4, -0.2) is 14.3 Å². The summed E-state index contributed by atoms with van der Waals surface area (Å²) in [6.07, 6.45) is 1.98. The molecular formula is C9H7N3S. The molecule has 0 spiro atoms. The van der Waals surface area contributed by atoms with Crippen LogP contribution in [0.1, 0.15) is 5.82 Å². The van der Waals surface area contributed by atoms with Gasteiger partial charge >= 0.3 is 0 Å². The van der Waals surface area contributed by atoms with E-state index in [0.717, 1.165) is 16.9 Å². The van der Waals surface area contributed by atoms with E-state index in [-0.39, 0.29) is 0 Å². The molecule has 0 saturated carbocycles. The van der Waals surface area contributed by atoms with Gasteiger partial charge in [-0.2, -0.15) is 0 Å². The quantitative estimate of drug-likeness (QED) is 0.590. The monoisotopic (exact) mass is 189 g/mol. The number of aryl methyl sites for hydroxylation is 1. The molecule has 0 unspecified atom stereocenters. The van der Waals surface area contributed by atoms with Gasteiger partial charge in [0.2, 0.25) is 0 Å². The Morgan fingerprint density at radius 3 is 3.15 bits per heavy atom. The molecule has 0 saturated heterocycles. The van der Waals surface area contributed by atoms with Gasteiger partial charge < -0.3 is 4.37 Å². The second-order valence-electron chi connectivity index (χ2n) is 2.98. The first-order valence-electron chi connectivity index (χ1n) is 4.04. The molecule has 2 aromatic heterocycles. The fraction of sp³-hybridized carbons (Fsp3) is 0.111. The highest BCUT2D eigenvalue weighted by Crippen LogP contribution is 2.25. The van der Waals surface area contributed by atoms with Crippen molar-refractivity contribution in [3.63, 3.8) is 0 Å². The number of benzene rings is 1. The van der Waals surface area contributed by atoms with E-state index in [0.29, 0.717) is 0 Å². The summed E-state index contributed by atoms with van der Waals surface area (Å²) in [5, 5.41) is 1.17. The highest BCUT2D eigenvalue weighted by molar-refractivity contribution is 7.13. The zero-order chi connectivity index (χ0) is 8.84. The number of hydrogen-bond donors (Lipinski definition) is 1. The van der Waals surface area contributed by atoms with Crippen LogP contribution < -0.4 is 0 Å². The summed E-state index contributed by atoms with van der Waals surface area (Å²) in [5.74, 6) is 0.841. The third-order valence-electron chi connectivity index (χ3n) is 2.08. The number of hydrogen-bond acceptors (Lipinski definition) is 3. The molecular weight excluding hydrogens is 182 g/mol. The fourth-order valence-corrected chi connectivity index (χ4v) is 2.23. The molecule has 2 heterocycles. The van der Waals surface area contributed by atoms with Gasteiger partial charge in [0.25, 0.3) is 0 Å². The molecule has 0 bridgehead atoms. The Bertz CT molecular complexity index is 579. The molecule has 0 radical (unpaired) electrons. The number of fused-ring (bicyclic) bond motifs is 3. The van der Waals surface area contributed by atoms with Gasteiger partial charge in [0.15, 0.2) is 0 Å². The highest BCUT2D eigenvalue weighted by Gasteiger charge is 2.05. The van der Waals surface area contributed by atoms with E-state index in [1.54, 1.807) is 11.5 Å². The molecule has 3 rings (SSSR count).